The smallest absolute Gasteiger partial charge is 0.0127 e. The monoisotopic (exact) mass is 186 g/mol. The van der Waals surface area contributed by atoms with Gasteiger partial charge in [-0.25, -0.2) is 5.01 Å². The van der Waals surface area contributed by atoms with Crippen LogP contribution in [-0.4, -0.2) is 25.1 Å². The fraction of sp³-hybridized carbons (Fsp3) is 1.00. The van der Waals surface area contributed by atoms with Crippen molar-refractivity contribution < 1.29 is 0 Å². The molecule has 0 aromatic carbocycles. The third-order valence-corrected chi connectivity index (χ3v) is 2.26. The molecule has 80 valence electrons. The van der Waals surface area contributed by atoms with Crippen molar-refractivity contribution in [3.05, 3.63) is 0 Å². The van der Waals surface area contributed by atoms with E-state index in [1.807, 2.05) is 0 Å². The third-order valence-electron chi connectivity index (χ3n) is 2.26. The minimum Gasteiger partial charge on any atom is -0.255 e. The first-order chi connectivity index (χ1) is 6.31. The van der Waals surface area contributed by atoms with E-state index in [-0.39, 0.29) is 0 Å². The van der Waals surface area contributed by atoms with Gasteiger partial charge in [-0.2, -0.15) is 0 Å². The van der Waals surface area contributed by atoms with Crippen molar-refractivity contribution in [2.45, 2.75) is 52.4 Å². The second kappa shape index (κ2) is 10.0. The maximum Gasteiger partial charge on any atom is 0.0127 e. The van der Waals surface area contributed by atoms with Gasteiger partial charge in [0.25, 0.3) is 0 Å². The summed E-state index contributed by atoms with van der Waals surface area (Å²) in [6.07, 6.45) is 7.92. The van der Waals surface area contributed by atoms with Crippen molar-refractivity contribution in [1.29, 1.82) is 0 Å². The third kappa shape index (κ3) is 9.84. The Morgan fingerprint density at radius 1 is 0.923 bits per heavy atom. The molecular weight excluding hydrogens is 160 g/mol. The quantitative estimate of drug-likeness (QED) is 0.440. The van der Waals surface area contributed by atoms with Crippen LogP contribution in [0.15, 0.2) is 0 Å². The Bertz CT molecular complexity index is 94.1. The minimum absolute atomic E-state index is 1.14. The molecule has 0 saturated carbocycles. The lowest BCUT2D eigenvalue weighted by Crippen LogP contribution is -2.35. The predicted molar refractivity (Wildman–Crippen MR) is 59.7 cm³/mol. The summed E-state index contributed by atoms with van der Waals surface area (Å²) in [6, 6.07) is 0. The van der Waals surface area contributed by atoms with Gasteiger partial charge in [0.1, 0.15) is 0 Å². The van der Waals surface area contributed by atoms with Gasteiger partial charge in [0, 0.05) is 20.1 Å². The lowest BCUT2D eigenvalue weighted by atomic mass is 10.2. The lowest BCUT2D eigenvalue weighted by Gasteiger charge is -2.17. The molecule has 0 heterocycles. The molecule has 0 aliphatic heterocycles. The van der Waals surface area contributed by atoms with Crippen LogP contribution in [0.5, 0.6) is 0 Å². The van der Waals surface area contributed by atoms with Crippen LogP contribution in [0, 0.1) is 0 Å². The molecule has 0 bridgehead atoms. The normalized spacial score (nSPS) is 11.1. The van der Waals surface area contributed by atoms with E-state index < -0.39 is 0 Å². The number of hydrazine groups is 1. The van der Waals surface area contributed by atoms with E-state index in [1.54, 1.807) is 0 Å². The first kappa shape index (κ1) is 12.9. The standard InChI is InChI=1S/C11H26N2/c1-4-6-8-10-12-13(3)11-9-7-5-2/h12H,4-11H2,1-3H3. The SMILES string of the molecule is CCCCCNN(C)CCCCC. The van der Waals surface area contributed by atoms with Gasteiger partial charge in [0.2, 0.25) is 0 Å². The molecule has 0 atom stereocenters. The summed E-state index contributed by atoms with van der Waals surface area (Å²) in [5.41, 5.74) is 3.41. The van der Waals surface area contributed by atoms with Crippen LogP contribution in [0.2, 0.25) is 0 Å². The Balaban J connectivity index is 3.05. The number of nitrogens with one attached hydrogen (secondary N) is 1. The summed E-state index contributed by atoms with van der Waals surface area (Å²) in [5, 5.41) is 2.23. The maximum atomic E-state index is 3.41. The second-order valence-corrected chi connectivity index (χ2v) is 3.74. The summed E-state index contributed by atoms with van der Waals surface area (Å²) in [4.78, 5) is 0. The van der Waals surface area contributed by atoms with Gasteiger partial charge in [0.15, 0.2) is 0 Å². The van der Waals surface area contributed by atoms with E-state index in [0.717, 1.165) is 6.54 Å². The molecule has 13 heavy (non-hydrogen) atoms. The zero-order valence-corrected chi connectivity index (χ0v) is 9.60. The van der Waals surface area contributed by atoms with Gasteiger partial charge >= 0.3 is 0 Å². The summed E-state index contributed by atoms with van der Waals surface area (Å²) in [7, 11) is 2.14. The number of hydrogen-bond donors (Lipinski definition) is 1. The average Bonchev–Trinajstić information content (AvgIpc) is 2.13. The molecule has 2 heteroatoms. The van der Waals surface area contributed by atoms with E-state index in [9.17, 15) is 0 Å². The highest BCUT2D eigenvalue weighted by Gasteiger charge is 1.95. The Morgan fingerprint density at radius 2 is 1.54 bits per heavy atom. The van der Waals surface area contributed by atoms with Gasteiger partial charge < -0.3 is 0 Å². The topological polar surface area (TPSA) is 15.3 Å². The first-order valence-corrected chi connectivity index (χ1v) is 5.75. The molecule has 0 fully saturated rings. The van der Waals surface area contributed by atoms with Crippen LogP contribution in [0.25, 0.3) is 0 Å². The van der Waals surface area contributed by atoms with Crippen molar-refractivity contribution in [3.63, 3.8) is 0 Å². The van der Waals surface area contributed by atoms with Crippen LogP contribution in [-0.2, 0) is 0 Å². The second-order valence-electron chi connectivity index (χ2n) is 3.74. The van der Waals surface area contributed by atoms with Gasteiger partial charge in [-0.05, 0) is 12.8 Å². The van der Waals surface area contributed by atoms with Gasteiger partial charge in [-0.3, -0.25) is 5.43 Å². The number of rotatable bonds is 9. The highest BCUT2D eigenvalue weighted by Crippen LogP contribution is 1.95. The van der Waals surface area contributed by atoms with Crippen LogP contribution >= 0.6 is 0 Å². The molecule has 0 unspecified atom stereocenters. The van der Waals surface area contributed by atoms with Crippen molar-refractivity contribution in [2.75, 3.05) is 20.1 Å². The molecule has 0 aliphatic carbocycles. The molecule has 0 spiro atoms. The summed E-state index contributed by atoms with van der Waals surface area (Å²) in [6.45, 7) is 6.80. The van der Waals surface area contributed by atoms with Gasteiger partial charge in [-0.15, -0.1) is 0 Å². The minimum atomic E-state index is 1.14. The molecule has 0 amide bonds. The number of nitrogens with zero attached hydrogens (tertiary/aromatic N) is 1. The van der Waals surface area contributed by atoms with Crippen molar-refractivity contribution in [1.82, 2.24) is 10.4 Å². The molecule has 0 aromatic rings. The molecule has 1 N–H and O–H groups in total. The highest BCUT2D eigenvalue weighted by molar-refractivity contribution is 4.47. The Labute approximate surface area is 83.7 Å². The molecular formula is C11H26N2. The van der Waals surface area contributed by atoms with E-state index in [4.69, 9.17) is 0 Å². The lowest BCUT2D eigenvalue weighted by molar-refractivity contribution is 0.228. The molecule has 0 saturated heterocycles. The maximum absolute atomic E-state index is 3.41. The van der Waals surface area contributed by atoms with Crippen LogP contribution < -0.4 is 5.43 Å². The van der Waals surface area contributed by atoms with Gasteiger partial charge in [-0.1, -0.05) is 39.5 Å². The zero-order valence-electron chi connectivity index (χ0n) is 9.60. The average molecular weight is 186 g/mol. The van der Waals surface area contributed by atoms with E-state index in [2.05, 4.69) is 31.3 Å². The Kier molecular flexibility index (Phi) is 9.94. The summed E-state index contributed by atoms with van der Waals surface area (Å²) in [5.74, 6) is 0. The molecule has 2 nitrogen and oxygen atoms in total. The van der Waals surface area contributed by atoms with Crippen LogP contribution in [0.3, 0.4) is 0 Å². The number of hydrogen-bond acceptors (Lipinski definition) is 2. The molecule has 0 radical (unpaired) electrons. The van der Waals surface area contributed by atoms with Crippen molar-refractivity contribution >= 4 is 0 Å². The fourth-order valence-corrected chi connectivity index (χ4v) is 1.32. The van der Waals surface area contributed by atoms with Crippen molar-refractivity contribution in [2.24, 2.45) is 0 Å². The van der Waals surface area contributed by atoms with Crippen LogP contribution in [0.4, 0.5) is 0 Å². The molecule has 0 aromatic heterocycles. The predicted octanol–water partition coefficient (Wildman–Crippen LogP) is 2.80. The first-order valence-electron chi connectivity index (χ1n) is 5.75. The fourth-order valence-electron chi connectivity index (χ4n) is 1.32. The Morgan fingerprint density at radius 3 is 2.15 bits per heavy atom. The molecule has 0 aliphatic rings. The van der Waals surface area contributed by atoms with E-state index in [0.29, 0.717) is 0 Å². The van der Waals surface area contributed by atoms with Gasteiger partial charge in [0.05, 0.1) is 0 Å². The summed E-state index contributed by atoms with van der Waals surface area (Å²) >= 11 is 0. The van der Waals surface area contributed by atoms with E-state index in [1.165, 1.54) is 45.1 Å². The molecule has 0 rings (SSSR count). The summed E-state index contributed by atoms with van der Waals surface area (Å²) < 4.78 is 0. The van der Waals surface area contributed by atoms with Crippen LogP contribution in [0.1, 0.15) is 52.4 Å². The highest BCUT2D eigenvalue weighted by atomic mass is 15.5. The van der Waals surface area contributed by atoms with E-state index >= 15 is 0 Å². The largest absolute Gasteiger partial charge is 0.255 e. The Hall–Kier alpha value is -0.0800. The van der Waals surface area contributed by atoms with Crippen molar-refractivity contribution in [3.8, 4) is 0 Å². The number of unbranched alkanes of at least 4 members (excludes halogenated alkanes) is 4. The zero-order chi connectivity index (χ0) is 9.94.